The molecule has 0 N–H and O–H groups in total. The van der Waals surface area contributed by atoms with Crippen LogP contribution in [-0.2, 0) is 16.6 Å². The molecule has 12 heteroatoms. The molecule has 0 unspecified atom stereocenters. The van der Waals surface area contributed by atoms with Crippen LogP contribution < -0.4 is 0 Å². The van der Waals surface area contributed by atoms with E-state index in [0.29, 0.717) is 31.0 Å². The fraction of sp³-hybridized carbons (Fsp3) is 0.519. The van der Waals surface area contributed by atoms with Gasteiger partial charge in [0.25, 0.3) is 0 Å². The molecule has 0 bridgehead atoms. The number of carbonyl (C=O) groups excluding carboxylic acids is 1. The Morgan fingerprint density at radius 1 is 1.05 bits per heavy atom. The smallest absolute Gasteiger partial charge is 0.320 e. The summed E-state index contributed by atoms with van der Waals surface area (Å²) in [6, 6.07) is 8.01. The number of benzene rings is 2. The second-order valence-corrected chi connectivity index (χ2v) is 12.9. The SMILES string of the molecule is C[C@@H]1CN(CN(C)C)CCN1C(=O)N1CCC[C@H](N(Cc2cc(F)ccc2F)S(=O)(=O)c2ccc(Cl)cc2)C1. The van der Waals surface area contributed by atoms with E-state index in [-0.39, 0.29) is 35.6 Å². The van der Waals surface area contributed by atoms with Gasteiger partial charge in [0.2, 0.25) is 10.0 Å². The molecule has 4 rings (SSSR count). The molecule has 2 saturated heterocycles. The third kappa shape index (κ3) is 7.07. The molecule has 2 fully saturated rings. The van der Waals surface area contributed by atoms with Crippen LogP contribution in [0.25, 0.3) is 0 Å². The zero-order valence-electron chi connectivity index (χ0n) is 22.6. The molecule has 214 valence electrons. The Kier molecular flexibility index (Phi) is 9.49. The first kappa shape index (κ1) is 29.7. The van der Waals surface area contributed by atoms with Crippen molar-refractivity contribution in [2.75, 3.05) is 53.5 Å². The monoisotopic (exact) mass is 583 g/mol. The van der Waals surface area contributed by atoms with E-state index in [1.165, 1.54) is 28.6 Å². The number of likely N-dealkylation sites (tertiary alicyclic amines) is 1. The van der Waals surface area contributed by atoms with Gasteiger partial charge in [-0.1, -0.05) is 11.6 Å². The number of hydrogen-bond donors (Lipinski definition) is 0. The van der Waals surface area contributed by atoms with Crippen molar-refractivity contribution in [2.24, 2.45) is 0 Å². The van der Waals surface area contributed by atoms with E-state index in [9.17, 15) is 22.0 Å². The van der Waals surface area contributed by atoms with Crippen molar-refractivity contribution >= 4 is 27.7 Å². The Morgan fingerprint density at radius 3 is 2.44 bits per heavy atom. The van der Waals surface area contributed by atoms with Gasteiger partial charge in [0.05, 0.1) is 11.6 Å². The fourth-order valence-corrected chi connectivity index (χ4v) is 7.13. The number of hydrogen-bond acceptors (Lipinski definition) is 5. The van der Waals surface area contributed by atoms with Gasteiger partial charge in [0.15, 0.2) is 0 Å². The lowest BCUT2D eigenvalue weighted by molar-refractivity contribution is 0.0521. The standard InChI is InChI=1S/C27H36ClF2N5O3S/c1-20-16-32(19-31(2)3)13-14-34(20)27(36)33-12-4-5-24(18-33)35(17-21-15-23(29)8-11-26(21)30)39(37,38)25-9-6-22(28)7-10-25/h6-11,15,20,24H,4-5,12-14,16-19H2,1-3H3/t20-,24+/m1/s1. The number of piperidine rings is 1. The molecule has 0 aromatic heterocycles. The van der Waals surface area contributed by atoms with Gasteiger partial charge in [-0.05, 0) is 76.3 Å². The summed E-state index contributed by atoms with van der Waals surface area (Å²) in [5.41, 5.74) is -0.0679. The van der Waals surface area contributed by atoms with Crippen LogP contribution in [0.15, 0.2) is 47.4 Å². The summed E-state index contributed by atoms with van der Waals surface area (Å²) in [5, 5.41) is 0.380. The molecule has 2 aromatic carbocycles. The molecule has 0 spiro atoms. The first-order valence-corrected chi connectivity index (χ1v) is 14.9. The molecule has 0 radical (unpaired) electrons. The van der Waals surface area contributed by atoms with E-state index in [0.717, 1.165) is 38.0 Å². The molecule has 2 amide bonds. The van der Waals surface area contributed by atoms with Crippen molar-refractivity contribution in [3.8, 4) is 0 Å². The lowest BCUT2D eigenvalue weighted by atomic mass is 10.0. The van der Waals surface area contributed by atoms with Gasteiger partial charge in [-0.15, -0.1) is 0 Å². The Labute approximate surface area is 234 Å². The maximum absolute atomic E-state index is 14.7. The number of amides is 2. The molecule has 8 nitrogen and oxygen atoms in total. The van der Waals surface area contributed by atoms with Gasteiger partial charge in [0, 0.05) is 61.9 Å². The van der Waals surface area contributed by atoms with Crippen LogP contribution >= 0.6 is 11.6 Å². The maximum Gasteiger partial charge on any atom is 0.320 e. The summed E-state index contributed by atoms with van der Waals surface area (Å²) in [5.74, 6) is -1.35. The molecule has 2 aliphatic rings. The van der Waals surface area contributed by atoms with Crippen molar-refractivity contribution in [1.29, 1.82) is 0 Å². The third-order valence-corrected chi connectivity index (χ3v) is 9.43. The van der Waals surface area contributed by atoms with Gasteiger partial charge in [0.1, 0.15) is 11.6 Å². The number of nitrogens with zero attached hydrogens (tertiary/aromatic N) is 5. The average molecular weight is 584 g/mol. The minimum atomic E-state index is -4.13. The van der Waals surface area contributed by atoms with Gasteiger partial charge < -0.3 is 9.80 Å². The van der Waals surface area contributed by atoms with Crippen LogP contribution in [0.2, 0.25) is 5.02 Å². The van der Waals surface area contributed by atoms with Crippen molar-refractivity contribution in [3.63, 3.8) is 0 Å². The van der Waals surface area contributed by atoms with Gasteiger partial charge >= 0.3 is 6.03 Å². The Bertz CT molecular complexity index is 1260. The number of rotatable bonds is 7. The van der Waals surface area contributed by atoms with Crippen molar-refractivity contribution in [1.82, 2.24) is 23.9 Å². The van der Waals surface area contributed by atoms with Crippen molar-refractivity contribution in [2.45, 2.75) is 43.3 Å². The number of urea groups is 1. The van der Waals surface area contributed by atoms with Gasteiger partial charge in [-0.2, -0.15) is 4.31 Å². The molecule has 2 aliphatic heterocycles. The maximum atomic E-state index is 14.7. The van der Waals surface area contributed by atoms with E-state index in [4.69, 9.17) is 11.6 Å². The van der Waals surface area contributed by atoms with E-state index < -0.39 is 27.7 Å². The van der Waals surface area contributed by atoms with E-state index in [1.54, 1.807) is 4.90 Å². The van der Waals surface area contributed by atoms with Gasteiger partial charge in [-0.3, -0.25) is 9.80 Å². The highest BCUT2D eigenvalue weighted by Crippen LogP contribution is 2.28. The average Bonchev–Trinajstić information content (AvgIpc) is 2.88. The number of sulfonamides is 1. The van der Waals surface area contributed by atoms with Crippen LogP contribution in [-0.4, -0.2) is 104 Å². The molecule has 39 heavy (non-hydrogen) atoms. The van der Waals surface area contributed by atoms with E-state index in [1.807, 2.05) is 25.9 Å². The van der Waals surface area contributed by atoms with E-state index in [2.05, 4.69) is 9.80 Å². The number of piperazine rings is 1. The molecule has 0 aliphatic carbocycles. The summed E-state index contributed by atoms with van der Waals surface area (Å²) < 4.78 is 57.5. The number of carbonyl (C=O) groups is 1. The lowest BCUT2D eigenvalue weighted by Gasteiger charge is -2.45. The summed E-state index contributed by atoms with van der Waals surface area (Å²) >= 11 is 5.98. The molecule has 0 saturated carbocycles. The largest absolute Gasteiger partial charge is 0.323 e. The second-order valence-electron chi connectivity index (χ2n) is 10.6. The van der Waals surface area contributed by atoms with Gasteiger partial charge in [-0.25, -0.2) is 22.0 Å². The van der Waals surface area contributed by atoms with E-state index >= 15 is 0 Å². The van der Waals surface area contributed by atoms with Crippen LogP contribution in [0, 0.1) is 11.6 Å². The highest BCUT2D eigenvalue weighted by atomic mass is 35.5. The predicted molar refractivity (Wildman–Crippen MR) is 147 cm³/mol. The summed E-state index contributed by atoms with van der Waals surface area (Å²) in [6.45, 7) is 5.21. The minimum absolute atomic E-state index is 0.00173. The predicted octanol–water partition coefficient (Wildman–Crippen LogP) is 3.92. The van der Waals surface area contributed by atoms with Crippen LogP contribution in [0.1, 0.15) is 25.3 Å². The minimum Gasteiger partial charge on any atom is -0.323 e. The summed E-state index contributed by atoms with van der Waals surface area (Å²) in [4.78, 5) is 21.5. The summed E-state index contributed by atoms with van der Waals surface area (Å²) in [6.07, 6.45) is 1.07. The van der Waals surface area contributed by atoms with Crippen molar-refractivity contribution in [3.05, 3.63) is 64.7 Å². The molecule has 2 aromatic rings. The molecule has 2 heterocycles. The van der Waals surface area contributed by atoms with Crippen LogP contribution in [0.3, 0.4) is 0 Å². The second kappa shape index (κ2) is 12.5. The third-order valence-electron chi connectivity index (χ3n) is 7.27. The van der Waals surface area contributed by atoms with Crippen LogP contribution in [0.5, 0.6) is 0 Å². The highest BCUT2D eigenvalue weighted by Gasteiger charge is 2.38. The normalized spacial score (nSPS) is 21.1. The topological polar surface area (TPSA) is 67.4 Å². The Hall–Kier alpha value is -2.31. The zero-order valence-corrected chi connectivity index (χ0v) is 24.1. The van der Waals surface area contributed by atoms with Crippen molar-refractivity contribution < 1.29 is 22.0 Å². The molecular formula is C27H36ClF2N5O3S. The Morgan fingerprint density at radius 2 is 1.77 bits per heavy atom. The quantitative estimate of drug-likeness (QED) is 0.494. The first-order chi connectivity index (χ1) is 18.5. The zero-order chi connectivity index (χ0) is 28.3. The Balaban J connectivity index is 1.58. The lowest BCUT2D eigenvalue weighted by Crippen LogP contribution is -2.60. The number of halogens is 3. The molecule has 2 atom stereocenters. The summed E-state index contributed by atoms with van der Waals surface area (Å²) in [7, 11) is -0.107. The fourth-order valence-electron chi connectivity index (χ4n) is 5.38. The first-order valence-electron chi connectivity index (χ1n) is 13.1. The molecular weight excluding hydrogens is 548 g/mol. The van der Waals surface area contributed by atoms with Crippen LogP contribution in [0.4, 0.5) is 13.6 Å². The highest BCUT2D eigenvalue weighted by molar-refractivity contribution is 7.89.